The van der Waals surface area contributed by atoms with Crippen molar-refractivity contribution in [3.8, 4) is 5.75 Å². The van der Waals surface area contributed by atoms with E-state index in [0.29, 0.717) is 12.3 Å². The highest BCUT2D eigenvalue weighted by Crippen LogP contribution is 2.16. The van der Waals surface area contributed by atoms with Crippen LogP contribution in [0.4, 0.5) is 4.39 Å². The molecule has 0 aliphatic rings. The molecule has 0 bridgehead atoms. The topological polar surface area (TPSA) is 53.2 Å². The quantitative estimate of drug-likeness (QED) is 0.845. The van der Waals surface area contributed by atoms with E-state index in [1.165, 1.54) is 36.1 Å². The van der Waals surface area contributed by atoms with Gasteiger partial charge in [-0.1, -0.05) is 6.07 Å². The largest absolute Gasteiger partial charge is 0.497 e. The summed E-state index contributed by atoms with van der Waals surface area (Å²) in [5.41, 5.74) is -0.635. The predicted octanol–water partition coefficient (Wildman–Crippen LogP) is 1.23. The van der Waals surface area contributed by atoms with Gasteiger partial charge < -0.3 is 9.30 Å². The average Bonchev–Trinajstić information content (AvgIpc) is 2.45. The molecule has 1 heterocycles. The molecule has 0 fully saturated rings. The number of aromatic nitrogens is 2. The number of nitrogens with zero attached hydrogens (tertiary/aromatic N) is 2. The summed E-state index contributed by atoms with van der Waals surface area (Å²) in [4.78, 5) is 23.8. The second-order valence-corrected chi connectivity index (χ2v) is 4.27. The molecule has 2 rings (SSSR count). The highest BCUT2D eigenvalue weighted by Gasteiger charge is 2.09. The molecule has 0 radical (unpaired) electrons. The Bertz CT molecular complexity index is 734. The van der Waals surface area contributed by atoms with Crippen molar-refractivity contribution in [2.24, 2.45) is 0 Å². The molecule has 0 atom stereocenters. The molecule has 6 heteroatoms. The minimum atomic E-state index is -0.512. The first-order valence-corrected chi connectivity index (χ1v) is 6.19. The number of halogens is 1. The van der Waals surface area contributed by atoms with Gasteiger partial charge in [-0.2, -0.15) is 0 Å². The van der Waals surface area contributed by atoms with Crippen LogP contribution < -0.4 is 16.0 Å². The third kappa shape index (κ3) is 2.64. The van der Waals surface area contributed by atoms with Crippen LogP contribution in [0.5, 0.6) is 5.75 Å². The van der Waals surface area contributed by atoms with E-state index in [9.17, 15) is 14.0 Å². The summed E-state index contributed by atoms with van der Waals surface area (Å²) in [7, 11) is 1.44. The number of ether oxygens (including phenoxy) is 1. The number of rotatable bonds is 4. The van der Waals surface area contributed by atoms with Crippen LogP contribution in [0.3, 0.4) is 0 Å². The molecule has 106 valence electrons. The summed E-state index contributed by atoms with van der Waals surface area (Å²) in [6.45, 7) is 2.14. The molecular weight excluding hydrogens is 263 g/mol. The van der Waals surface area contributed by atoms with Gasteiger partial charge in [0.05, 0.1) is 13.7 Å². The lowest BCUT2D eigenvalue weighted by Crippen LogP contribution is -2.39. The molecule has 0 saturated carbocycles. The van der Waals surface area contributed by atoms with Crippen LogP contribution in [-0.2, 0) is 13.1 Å². The molecule has 0 spiro atoms. The average molecular weight is 278 g/mol. The minimum Gasteiger partial charge on any atom is -0.497 e. The Labute approximate surface area is 114 Å². The van der Waals surface area contributed by atoms with Crippen LogP contribution in [0.15, 0.2) is 40.1 Å². The molecule has 0 amide bonds. The molecule has 0 unspecified atom stereocenters. The lowest BCUT2D eigenvalue weighted by atomic mass is 10.2. The third-order valence-electron chi connectivity index (χ3n) is 3.07. The molecular formula is C14H15FN2O3. The number of aryl methyl sites for hydroxylation is 1. The van der Waals surface area contributed by atoms with Crippen molar-refractivity contribution in [1.29, 1.82) is 0 Å². The van der Waals surface area contributed by atoms with Gasteiger partial charge in [-0.05, 0) is 13.0 Å². The van der Waals surface area contributed by atoms with Gasteiger partial charge in [-0.15, -0.1) is 0 Å². The molecule has 0 N–H and O–H groups in total. The van der Waals surface area contributed by atoms with Crippen LogP contribution in [0, 0.1) is 5.82 Å². The van der Waals surface area contributed by atoms with Gasteiger partial charge in [0.1, 0.15) is 11.6 Å². The van der Waals surface area contributed by atoms with Gasteiger partial charge in [-0.3, -0.25) is 9.36 Å². The number of hydrogen-bond donors (Lipinski definition) is 0. The predicted molar refractivity (Wildman–Crippen MR) is 72.7 cm³/mol. The third-order valence-corrected chi connectivity index (χ3v) is 3.07. The van der Waals surface area contributed by atoms with E-state index < -0.39 is 17.1 Å². The Balaban J connectivity index is 2.45. The van der Waals surface area contributed by atoms with Crippen molar-refractivity contribution in [3.05, 3.63) is 62.7 Å². The molecule has 0 saturated heterocycles. The van der Waals surface area contributed by atoms with Crippen LogP contribution >= 0.6 is 0 Å². The Morgan fingerprint density at radius 1 is 1.25 bits per heavy atom. The molecule has 2 aromatic rings. The molecule has 20 heavy (non-hydrogen) atoms. The van der Waals surface area contributed by atoms with E-state index in [2.05, 4.69) is 0 Å². The first-order valence-electron chi connectivity index (χ1n) is 6.19. The second-order valence-electron chi connectivity index (χ2n) is 4.27. The first kappa shape index (κ1) is 14.0. The molecule has 0 aliphatic carbocycles. The van der Waals surface area contributed by atoms with E-state index in [-0.39, 0.29) is 12.1 Å². The van der Waals surface area contributed by atoms with E-state index >= 15 is 0 Å². The number of hydrogen-bond acceptors (Lipinski definition) is 3. The SMILES string of the molecule is CCn1ccc(=O)n(Cc2ccc(OC)cc2F)c1=O. The smallest absolute Gasteiger partial charge is 0.331 e. The van der Waals surface area contributed by atoms with Gasteiger partial charge in [0, 0.05) is 30.4 Å². The Kier molecular flexibility index (Phi) is 4.02. The van der Waals surface area contributed by atoms with E-state index in [4.69, 9.17) is 4.74 Å². The normalized spacial score (nSPS) is 10.6. The summed E-state index contributed by atoms with van der Waals surface area (Å²) < 4.78 is 21.2. The van der Waals surface area contributed by atoms with Crippen LogP contribution in [0.2, 0.25) is 0 Å². The molecule has 1 aromatic heterocycles. The first-order chi connectivity index (χ1) is 9.56. The number of benzene rings is 1. The van der Waals surface area contributed by atoms with Crippen LogP contribution in [-0.4, -0.2) is 16.2 Å². The summed E-state index contributed by atoms with van der Waals surface area (Å²) in [5, 5.41) is 0. The van der Waals surface area contributed by atoms with Crippen molar-refractivity contribution in [2.45, 2.75) is 20.0 Å². The summed E-state index contributed by atoms with van der Waals surface area (Å²) in [5.74, 6) is -0.125. The fraction of sp³-hybridized carbons (Fsp3) is 0.286. The van der Waals surface area contributed by atoms with Crippen molar-refractivity contribution in [2.75, 3.05) is 7.11 Å². The number of methoxy groups -OCH3 is 1. The zero-order valence-corrected chi connectivity index (χ0v) is 11.3. The van der Waals surface area contributed by atoms with Crippen molar-refractivity contribution < 1.29 is 9.13 Å². The van der Waals surface area contributed by atoms with Crippen LogP contribution in [0.1, 0.15) is 12.5 Å². The van der Waals surface area contributed by atoms with Crippen molar-refractivity contribution in [3.63, 3.8) is 0 Å². The van der Waals surface area contributed by atoms with Gasteiger partial charge in [0.25, 0.3) is 5.56 Å². The lowest BCUT2D eigenvalue weighted by molar-refractivity contribution is 0.410. The van der Waals surface area contributed by atoms with Gasteiger partial charge in [-0.25, -0.2) is 9.18 Å². The summed E-state index contributed by atoms with van der Waals surface area (Å²) >= 11 is 0. The molecule has 0 aliphatic heterocycles. The van der Waals surface area contributed by atoms with E-state index in [1.807, 2.05) is 0 Å². The fourth-order valence-electron chi connectivity index (χ4n) is 1.90. The molecule has 5 nitrogen and oxygen atoms in total. The summed E-state index contributed by atoms with van der Waals surface area (Å²) in [6, 6.07) is 5.61. The Hall–Kier alpha value is -2.37. The maximum absolute atomic E-state index is 13.9. The zero-order valence-electron chi connectivity index (χ0n) is 11.3. The second kappa shape index (κ2) is 5.73. The lowest BCUT2D eigenvalue weighted by Gasteiger charge is -2.09. The van der Waals surface area contributed by atoms with Crippen LogP contribution in [0.25, 0.3) is 0 Å². The highest BCUT2D eigenvalue weighted by atomic mass is 19.1. The Morgan fingerprint density at radius 3 is 2.60 bits per heavy atom. The van der Waals surface area contributed by atoms with Gasteiger partial charge >= 0.3 is 5.69 Å². The highest BCUT2D eigenvalue weighted by molar-refractivity contribution is 5.29. The zero-order chi connectivity index (χ0) is 14.7. The maximum atomic E-state index is 13.9. The van der Waals surface area contributed by atoms with E-state index in [1.54, 1.807) is 13.0 Å². The fourth-order valence-corrected chi connectivity index (χ4v) is 1.90. The summed E-state index contributed by atoms with van der Waals surface area (Å²) in [6.07, 6.45) is 1.44. The van der Waals surface area contributed by atoms with Crippen molar-refractivity contribution >= 4 is 0 Å². The standard InChI is InChI=1S/C14H15FN2O3/c1-3-16-7-6-13(18)17(14(16)19)9-10-4-5-11(20-2)8-12(10)15/h4-8H,3,9H2,1-2H3. The maximum Gasteiger partial charge on any atom is 0.331 e. The van der Waals surface area contributed by atoms with Crippen molar-refractivity contribution in [1.82, 2.24) is 9.13 Å². The molecule has 1 aromatic carbocycles. The van der Waals surface area contributed by atoms with E-state index in [0.717, 1.165) is 4.57 Å². The Morgan fingerprint density at radius 2 is 2.00 bits per heavy atom. The monoisotopic (exact) mass is 278 g/mol. The minimum absolute atomic E-state index is 0.103. The van der Waals surface area contributed by atoms with Gasteiger partial charge in [0.15, 0.2) is 0 Å². The van der Waals surface area contributed by atoms with Gasteiger partial charge in [0.2, 0.25) is 0 Å².